The minimum atomic E-state index is -1.18. The molecule has 0 saturated heterocycles. The average molecular weight is 476 g/mol. The molecule has 0 saturated carbocycles. The molecule has 35 heavy (non-hydrogen) atoms. The second-order valence-electron chi connectivity index (χ2n) is 7.58. The summed E-state index contributed by atoms with van der Waals surface area (Å²) in [5, 5.41) is 18.7. The quantitative estimate of drug-likeness (QED) is 0.368. The van der Waals surface area contributed by atoms with Crippen molar-refractivity contribution in [1.29, 1.82) is 0 Å². The Labute approximate surface area is 202 Å². The monoisotopic (exact) mass is 475 g/mol. The van der Waals surface area contributed by atoms with Gasteiger partial charge in [0, 0.05) is 25.4 Å². The first-order valence-corrected chi connectivity index (χ1v) is 10.7. The molecule has 180 valence electrons. The molecule has 0 fully saturated rings. The fourth-order valence-electron chi connectivity index (χ4n) is 3.51. The molecular weight excluding hydrogens is 450 g/mol. The van der Waals surface area contributed by atoms with Gasteiger partial charge in [-0.1, -0.05) is 24.3 Å². The van der Waals surface area contributed by atoms with Crippen molar-refractivity contribution < 1.29 is 24.1 Å². The first kappa shape index (κ1) is 23.6. The summed E-state index contributed by atoms with van der Waals surface area (Å²) >= 11 is 0. The zero-order valence-corrected chi connectivity index (χ0v) is 19.6. The normalized spacial score (nSPS) is 10.6. The van der Waals surface area contributed by atoms with E-state index in [4.69, 9.17) is 14.2 Å². The molecule has 0 aliphatic carbocycles. The fourth-order valence-corrected chi connectivity index (χ4v) is 3.51. The highest BCUT2D eigenvalue weighted by Crippen LogP contribution is 2.25. The summed E-state index contributed by atoms with van der Waals surface area (Å²) in [6, 6.07) is 18.5. The van der Waals surface area contributed by atoms with Crippen LogP contribution in [0.15, 0.2) is 66.9 Å². The predicted molar refractivity (Wildman–Crippen MR) is 129 cm³/mol. The Morgan fingerprint density at radius 3 is 1.91 bits per heavy atom. The van der Waals surface area contributed by atoms with Gasteiger partial charge >= 0.3 is 5.97 Å². The van der Waals surface area contributed by atoms with Crippen molar-refractivity contribution in [2.45, 2.75) is 13.1 Å². The summed E-state index contributed by atoms with van der Waals surface area (Å²) in [5.41, 5.74) is 2.27. The molecule has 10 nitrogen and oxygen atoms in total. The summed E-state index contributed by atoms with van der Waals surface area (Å²) in [6.07, 6.45) is 1.55. The van der Waals surface area contributed by atoms with Crippen LogP contribution in [0.4, 0.5) is 5.82 Å². The van der Waals surface area contributed by atoms with E-state index < -0.39 is 5.97 Å². The highest BCUT2D eigenvalue weighted by atomic mass is 16.5. The number of carbonyl (C=O) groups is 1. The first-order chi connectivity index (χ1) is 17.0. The van der Waals surface area contributed by atoms with Crippen LogP contribution in [0.3, 0.4) is 0 Å². The van der Waals surface area contributed by atoms with E-state index in [1.807, 2.05) is 53.4 Å². The lowest BCUT2D eigenvalue weighted by Crippen LogP contribution is -2.24. The second kappa shape index (κ2) is 10.6. The van der Waals surface area contributed by atoms with Crippen molar-refractivity contribution in [2.24, 2.45) is 0 Å². The van der Waals surface area contributed by atoms with Gasteiger partial charge in [-0.15, -0.1) is 15.0 Å². The lowest BCUT2D eigenvalue weighted by Gasteiger charge is -2.23. The molecule has 4 rings (SSSR count). The third-order valence-corrected chi connectivity index (χ3v) is 5.32. The number of aromatic nitrogens is 4. The highest BCUT2D eigenvalue weighted by molar-refractivity contribution is 5.91. The molecule has 0 atom stereocenters. The lowest BCUT2D eigenvalue weighted by molar-refractivity contribution is 0.0690. The van der Waals surface area contributed by atoms with E-state index in [-0.39, 0.29) is 11.5 Å². The van der Waals surface area contributed by atoms with E-state index in [1.165, 1.54) is 11.9 Å². The average Bonchev–Trinajstić information content (AvgIpc) is 3.35. The van der Waals surface area contributed by atoms with Gasteiger partial charge in [0.25, 0.3) is 0 Å². The third kappa shape index (κ3) is 5.49. The molecule has 0 radical (unpaired) electrons. The molecule has 2 aromatic carbocycles. The number of nitrogens with zero attached hydrogens (tertiary/aromatic N) is 5. The van der Waals surface area contributed by atoms with Gasteiger partial charge in [-0.05, 0) is 41.5 Å². The maximum absolute atomic E-state index is 12.2. The topological polar surface area (TPSA) is 112 Å². The van der Waals surface area contributed by atoms with Crippen molar-refractivity contribution in [1.82, 2.24) is 20.0 Å². The minimum Gasteiger partial charge on any atom is -0.497 e. The van der Waals surface area contributed by atoms with Gasteiger partial charge in [0.2, 0.25) is 11.6 Å². The van der Waals surface area contributed by atoms with Crippen molar-refractivity contribution in [3.05, 3.63) is 83.7 Å². The smallest absolute Gasteiger partial charge is 0.360 e. The van der Waals surface area contributed by atoms with E-state index in [0.29, 0.717) is 24.7 Å². The zero-order chi connectivity index (χ0) is 24.8. The molecule has 0 amide bonds. The van der Waals surface area contributed by atoms with Gasteiger partial charge < -0.3 is 24.2 Å². The summed E-state index contributed by atoms with van der Waals surface area (Å²) in [6.45, 7) is 0.795. The second-order valence-corrected chi connectivity index (χ2v) is 7.58. The van der Waals surface area contributed by atoms with Crippen LogP contribution >= 0.6 is 0 Å². The van der Waals surface area contributed by atoms with Gasteiger partial charge in [0.15, 0.2) is 5.82 Å². The van der Waals surface area contributed by atoms with Crippen molar-refractivity contribution in [3.8, 4) is 23.1 Å². The van der Waals surface area contributed by atoms with Crippen LogP contribution in [0.25, 0.3) is 5.69 Å². The lowest BCUT2D eigenvalue weighted by atomic mass is 10.1. The summed E-state index contributed by atoms with van der Waals surface area (Å²) in [4.78, 5) is 19.4. The van der Waals surface area contributed by atoms with Crippen LogP contribution in [-0.2, 0) is 13.1 Å². The number of pyridine rings is 1. The van der Waals surface area contributed by atoms with Crippen molar-refractivity contribution in [2.75, 3.05) is 26.2 Å². The number of benzene rings is 2. The first-order valence-electron chi connectivity index (χ1n) is 10.7. The molecule has 0 unspecified atom stereocenters. The highest BCUT2D eigenvalue weighted by Gasteiger charge is 2.24. The van der Waals surface area contributed by atoms with E-state index in [1.54, 1.807) is 32.5 Å². The number of aromatic carboxylic acids is 1. The number of methoxy groups -OCH3 is 3. The van der Waals surface area contributed by atoms with Gasteiger partial charge in [-0.3, -0.25) is 0 Å². The summed E-state index contributed by atoms with van der Waals surface area (Å²) < 4.78 is 15.7. The Balaban J connectivity index is 1.75. The summed E-state index contributed by atoms with van der Waals surface area (Å²) in [7, 11) is 4.72. The molecule has 10 heteroatoms. The SMILES string of the molecule is COc1ccc(CN(Cc2ccc(OC)cc2)c2nn(-c3ccnc(OC)c3)nc2C(=O)O)cc1. The van der Waals surface area contributed by atoms with Gasteiger partial charge in [0.1, 0.15) is 11.5 Å². The van der Waals surface area contributed by atoms with Crippen LogP contribution in [0.1, 0.15) is 21.6 Å². The molecule has 2 heterocycles. The Hall–Kier alpha value is -4.60. The van der Waals surface area contributed by atoms with Crippen LogP contribution in [0.2, 0.25) is 0 Å². The predicted octanol–water partition coefficient (Wildman–Crippen LogP) is 3.59. The van der Waals surface area contributed by atoms with E-state index in [9.17, 15) is 9.90 Å². The number of anilines is 1. The number of carboxylic acids is 1. The Kier molecular flexibility index (Phi) is 7.10. The largest absolute Gasteiger partial charge is 0.497 e. The van der Waals surface area contributed by atoms with E-state index in [0.717, 1.165) is 22.6 Å². The van der Waals surface area contributed by atoms with E-state index >= 15 is 0 Å². The molecule has 0 aliphatic heterocycles. The van der Waals surface area contributed by atoms with Crippen LogP contribution in [0, 0.1) is 0 Å². The third-order valence-electron chi connectivity index (χ3n) is 5.32. The molecule has 1 N–H and O–H groups in total. The van der Waals surface area contributed by atoms with Crippen LogP contribution in [0.5, 0.6) is 17.4 Å². The maximum Gasteiger partial charge on any atom is 0.360 e. The van der Waals surface area contributed by atoms with E-state index in [2.05, 4.69) is 15.2 Å². The standard InChI is InChI=1S/C25H25N5O5/c1-33-20-8-4-17(5-9-20)15-29(16-18-6-10-21(34-2)11-7-18)24-23(25(31)32)27-30(28-24)19-12-13-26-22(14-19)35-3/h4-14H,15-16H2,1-3H3,(H,31,32). The minimum absolute atomic E-state index is 0.164. The number of carboxylic acid groups (broad SMARTS) is 1. The molecule has 4 aromatic rings. The van der Waals surface area contributed by atoms with Crippen molar-refractivity contribution in [3.63, 3.8) is 0 Å². The molecule has 0 aliphatic rings. The molecular formula is C25H25N5O5. The number of hydrogen-bond acceptors (Lipinski definition) is 8. The zero-order valence-electron chi connectivity index (χ0n) is 19.6. The number of ether oxygens (including phenoxy) is 3. The Morgan fingerprint density at radius 2 is 1.43 bits per heavy atom. The number of rotatable bonds is 10. The molecule has 2 aromatic heterocycles. The molecule has 0 bridgehead atoms. The van der Waals surface area contributed by atoms with Gasteiger partial charge in [0.05, 0.1) is 27.0 Å². The summed E-state index contributed by atoms with van der Waals surface area (Å²) in [5.74, 6) is 0.895. The van der Waals surface area contributed by atoms with Gasteiger partial charge in [-0.25, -0.2) is 9.78 Å². The van der Waals surface area contributed by atoms with Crippen molar-refractivity contribution >= 4 is 11.8 Å². The Morgan fingerprint density at radius 1 is 0.857 bits per heavy atom. The number of hydrogen-bond donors (Lipinski definition) is 1. The maximum atomic E-state index is 12.2. The molecule has 0 spiro atoms. The van der Waals surface area contributed by atoms with Crippen LogP contribution in [-0.4, -0.2) is 52.4 Å². The fraction of sp³-hybridized carbons (Fsp3) is 0.200. The Bertz CT molecular complexity index is 1240. The van der Waals surface area contributed by atoms with Crippen LogP contribution < -0.4 is 19.1 Å². The van der Waals surface area contributed by atoms with Gasteiger partial charge in [-0.2, -0.15) is 0 Å².